The zero-order chi connectivity index (χ0) is 20.8. The summed E-state index contributed by atoms with van der Waals surface area (Å²) in [7, 11) is 0. The van der Waals surface area contributed by atoms with E-state index in [1.54, 1.807) is 22.9 Å². The average molecular weight is 410 g/mol. The molecule has 152 valence electrons. The van der Waals surface area contributed by atoms with Gasteiger partial charge in [-0.15, -0.1) is 0 Å². The molecule has 0 spiro atoms. The number of nitrogens with one attached hydrogen (secondary N) is 3. The van der Waals surface area contributed by atoms with Gasteiger partial charge in [0.25, 0.3) is 5.91 Å². The number of amides is 2. The van der Waals surface area contributed by atoms with Crippen molar-refractivity contribution in [2.24, 2.45) is 0 Å². The summed E-state index contributed by atoms with van der Waals surface area (Å²) in [5.41, 5.74) is 1.50. The van der Waals surface area contributed by atoms with Gasteiger partial charge >= 0.3 is 0 Å². The van der Waals surface area contributed by atoms with E-state index in [0.29, 0.717) is 34.5 Å². The number of benzene rings is 1. The Bertz CT molecular complexity index is 1210. The van der Waals surface area contributed by atoms with Gasteiger partial charge in [-0.25, -0.2) is 13.8 Å². The SMILES string of the molecule is O=C1C/C(=C\c2cnn3c(NC4CC4)cc(Nc4cc(F)cc(F)c4)nc23)C(=O)N1. The van der Waals surface area contributed by atoms with E-state index in [0.717, 1.165) is 31.0 Å². The summed E-state index contributed by atoms with van der Waals surface area (Å²) >= 11 is 0. The normalized spacial score (nSPS) is 17.6. The fourth-order valence-corrected chi connectivity index (χ4v) is 3.27. The molecule has 1 aliphatic carbocycles. The molecular formula is C20H16F2N6O2. The molecule has 8 nitrogen and oxygen atoms in total. The Labute approximate surface area is 169 Å². The highest BCUT2D eigenvalue weighted by atomic mass is 19.1. The predicted octanol–water partition coefficient (Wildman–Crippen LogP) is 2.76. The van der Waals surface area contributed by atoms with Crippen molar-refractivity contribution >= 4 is 40.9 Å². The first-order valence-corrected chi connectivity index (χ1v) is 9.38. The third kappa shape index (κ3) is 3.59. The number of anilines is 3. The lowest BCUT2D eigenvalue weighted by Crippen LogP contribution is -2.19. The van der Waals surface area contributed by atoms with Crippen molar-refractivity contribution in [3.8, 4) is 0 Å². The van der Waals surface area contributed by atoms with Crippen LogP contribution in [0.1, 0.15) is 24.8 Å². The molecule has 3 N–H and O–H groups in total. The molecule has 0 atom stereocenters. The smallest absolute Gasteiger partial charge is 0.254 e. The highest BCUT2D eigenvalue weighted by Crippen LogP contribution is 2.29. The Balaban J connectivity index is 1.58. The van der Waals surface area contributed by atoms with Gasteiger partial charge in [0.1, 0.15) is 23.3 Å². The molecule has 5 rings (SSSR count). The first-order valence-electron chi connectivity index (χ1n) is 9.38. The monoisotopic (exact) mass is 410 g/mol. The van der Waals surface area contributed by atoms with Crippen LogP contribution in [0.3, 0.4) is 0 Å². The largest absolute Gasteiger partial charge is 0.367 e. The van der Waals surface area contributed by atoms with Gasteiger partial charge in [-0.2, -0.15) is 9.61 Å². The number of carbonyl (C=O) groups excluding carboxylic acids is 2. The number of rotatable bonds is 5. The molecular weight excluding hydrogens is 394 g/mol. The van der Waals surface area contributed by atoms with Gasteiger partial charge in [0.05, 0.1) is 12.6 Å². The van der Waals surface area contributed by atoms with Gasteiger partial charge in [0.15, 0.2) is 5.65 Å². The molecule has 2 aliphatic rings. The molecule has 2 fully saturated rings. The van der Waals surface area contributed by atoms with Crippen LogP contribution in [0.5, 0.6) is 0 Å². The van der Waals surface area contributed by atoms with Gasteiger partial charge in [0.2, 0.25) is 5.91 Å². The second-order valence-electron chi connectivity index (χ2n) is 7.29. The summed E-state index contributed by atoms with van der Waals surface area (Å²) in [4.78, 5) is 27.9. The number of fused-ring (bicyclic) bond motifs is 1. The molecule has 3 heterocycles. The molecule has 0 bridgehead atoms. The van der Waals surface area contributed by atoms with Crippen LogP contribution in [0, 0.1) is 11.6 Å². The highest BCUT2D eigenvalue weighted by Gasteiger charge is 2.25. The third-order valence-corrected chi connectivity index (χ3v) is 4.79. The summed E-state index contributed by atoms with van der Waals surface area (Å²) in [6, 6.07) is 5.13. The molecule has 30 heavy (non-hydrogen) atoms. The van der Waals surface area contributed by atoms with Crippen LogP contribution < -0.4 is 16.0 Å². The maximum absolute atomic E-state index is 13.6. The van der Waals surface area contributed by atoms with Gasteiger partial charge in [0, 0.05) is 35.0 Å². The van der Waals surface area contributed by atoms with Crippen LogP contribution in [0.2, 0.25) is 0 Å². The van der Waals surface area contributed by atoms with Crippen molar-refractivity contribution < 1.29 is 18.4 Å². The Hall–Kier alpha value is -3.82. The lowest BCUT2D eigenvalue weighted by molar-refractivity contribution is -0.124. The number of imide groups is 1. The third-order valence-electron chi connectivity index (χ3n) is 4.79. The maximum atomic E-state index is 13.6. The topological polar surface area (TPSA) is 100 Å². The average Bonchev–Trinajstić information content (AvgIpc) is 3.30. The van der Waals surface area contributed by atoms with Gasteiger partial charge in [-0.3, -0.25) is 14.9 Å². The van der Waals surface area contributed by atoms with Crippen molar-refractivity contribution in [1.82, 2.24) is 19.9 Å². The Morgan fingerprint density at radius 2 is 1.90 bits per heavy atom. The summed E-state index contributed by atoms with van der Waals surface area (Å²) < 4.78 is 28.7. The van der Waals surface area contributed by atoms with Gasteiger partial charge in [-0.1, -0.05) is 0 Å². The zero-order valence-electron chi connectivity index (χ0n) is 15.6. The van der Waals surface area contributed by atoms with E-state index in [1.165, 1.54) is 0 Å². The van der Waals surface area contributed by atoms with Crippen LogP contribution in [-0.2, 0) is 9.59 Å². The van der Waals surface area contributed by atoms with E-state index in [2.05, 4.69) is 26.0 Å². The van der Waals surface area contributed by atoms with E-state index >= 15 is 0 Å². The van der Waals surface area contributed by atoms with Gasteiger partial charge < -0.3 is 10.6 Å². The highest BCUT2D eigenvalue weighted by molar-refractivity contribution is 6.15. The van der Waals surface area contributed by atoms with Crippen LogP contribution in [0.15, 0.2) is 36.0 Å². The van der Waals surface area contributed by atoms with Crippen molar-refractivity contribution in [2.45, 2.75) is 25.3 Å². The summed E-state index contributed by atoms with van der Waals surface area (Å²) in [6.07, 6.45) is 5.17. The molecule has 0 radical (unpaired) electrons. The van der Waals surface area contributed by atoms with Crippen molar-refractivity contribution in [3.05, 3.63) is 53.2 Å². The van der Waals surface area contributed by atoms with E-state index in [-0.39, 0.29) is 18.0 Å². The number of hydrogen-bond acceptors (Lipinski definition) is 6. The van der Waals surface area contributed by atoms with Crippen LogP contribution >= 0.6 is 0 Å². The minimum absolute atomic E-state index is 0.0101. The van der Waals surface area contributed by atoms with Crippen LogP contribution in [-0.4, -0.2) is 32.5 Å². The number of carbonyl (C=O) groups is 2. The predicted molar refractivity (Wildman–Crippen MR) is 105 cm³/mol. The second-order valence-corrected chi connectivity index (χ2v) is 7.29. The Morgan fingerprint density at radius 3 is 2.57 bits per heavy atom. The van der Waals surface area contributed by atoms with Gasteiger partial charge in [-0.05, 0) is 31.1 Å². The molecule has 2 aromatic heterocycles. The first kappa shape index (κ1) is 18.2. The van der Waals surface area contributed by atoms with Crippen LogP contribution in [0.4, 0.5) is 26.1 Å². The van der Waals surface area contributed by atoms with E-state index in [1.807, 2.05) is 0 Å². The zero-order valence-corrected chi connectivity index (χ0v) is 15.6. The summed E-state index contributed by atoms with van der Waals surface area (Å²) in [5, 5.41) is 12.8. The lowest BCUT2D eigenvalue weighted by Gasteiger charge is -2.12. The molecule has 1 aliphatic heterocycles. The molecule has 2 amide bonds. The summed E-state index contributed by atoms with van der Waals surface area (Å²) in [6.45, 7) is 0. The van der Waals surface area contributed by atoms with Crippen molar-refractivity contribution in [3.63, 3.8) is 0 Å². The Kier molecular flexibility index (Phi) is 4.19. The van der Waals surface area contributed by atoms with E-state index < -0.39 is 17.5 Å². The quantitative estimate of drug-likeness (QED) is 0.442. The fourth-order valence-electron chi connectivity index (χ4n) is 3.27. The molecule has 1 saturated heterocycles. The van der Waals surface area contributed by atoms with Crippen molar-refractivity contribution in [1.29, 1.82) is 0 Å². The maximum Gasteiger partial charge on any atom is 0.254 e. The molecule has 1 aromatic carbocycles. The summed E-state index contributed by atoms with van der Waals surface area (Å²) in [5.74, 6) is -1.22. The molecule has 0 unspecified atom stereocenters. The van der Waals surface area contributed by atoms with E-state index in [4.69, 9.17) is 0 Å². The minimum Gasteiger partial charge on any atom is -0.367 e. The first-order chi connectivity index (χ1) is 14.4. The van der Waals surface area contributed by atoms with Crippen molar-refractivity contribution in [2.75, 3.05) is 10.6 Å². The fraction of sp³-hybridized carbons (Fsp3) is 0.200. The number of hydrogen-bond donors (Lipinski definition) is 3. The molecule has 3 aromatic rings. The standard InChI is InChI=1S/C20H16F2N6O2/c21-12-5-13(22)7-15(6-12)24-16-8-17(25-14-1-2-14)28-19(26-16)11(9-23-28)3-10-4-18(29)27-20(10)30/h3,5-9,14,25H,1-2,4H2,(H,24,26)(H,27,29,30)/b10-3+. The molecule has 10 heteroatoms. The number of halogens is 2. The minimum atomic E-state index is -0.707. The van der Waals surface area contributed by atoms with E-state index in [9.17, 15) is 18.4 Å². The Morgan fingerprint density at radius 1 is 1.13 bits per heavy atom. The van der Waals surface area contributed by atoms with Crippen LogP contribution in [0.25, 0.3) is 11.7 Å². The lowest BCUT2D eigenvalue weighted by atomic mass is 10.1. The number of aromatic nitrogens is 3. The number of nitrogens with zero attached hydrogens (tertiary/aromatic N) is 3. The molecule has 1 saturated carbocycles. The second kappa shape index (κ2) is 6.90.